The van der Waals surface area contributed by atoms with Crippen LogP contribution in [0.25, 0.3) is 0 Å². The zero-order valence-corrected chi connectivity index (χ0v) is 28.1. The minimum absolute atomic E-state index is 0.169. The second-order valence-electron chi connectivity index (χ2n) is 14.2. The first-order valence-corrected chi connectivity index (χ1v) is 16.4. The van der Waals surface area contributed by atoms with Crippen molar-refractivity contribution in [2.24, 2.45) is 17.8 Å². The number of hydrogen-bond acceptors (Lipinski definition) is 7. The molecule has 4 rings (SSSR count). The van der Waals surface area contributed by atoms with Gasteiger partial charge >= 0.3 is 5.97 Å². The molecular formula is C36H51N3O7. The first-order valence-electron chi connectivity index (χ1n) is 16.4. The van der Waals surface area contributed by atoms with Crippen LogP contribution in [0.5, 0.6) is 0 Å². The molecule has 0 radical (unpaired) electrons. The Kier molecular flexibility index (Phi) is 10.8. The van der Waals surface area contributed by atoms with Crippen molar-refractivity contribution in [2.45, 2.75) is 109 Å². The van der Waals surface area contributed by atoms with E-state index in [9.17, 15) is 24.3 Å². The van der Waals surface area contributed by atoms with Crippen molar-refractivity contribution in [3.8, 4) is 0 Å². The summed E-state index contributed by atoms with van der Waals surface area (Å²) in [7, 11) is 0. The highest BCUT2D eigenvalue weighted by atomic mass is 16.6. The summed E-state index contributed by atoms with van der Waals surface area (Å²) in [5, 5.41) is 13.4. The monoisotopic (exact) mass is 637 g/mol. The van der Waals surface area contributed by atoms with E-state index >= 15 is 0 Å². The molecule has 10 heteroatoms. The maximum Gasteiger partial charge on any atom is 0.313 e. The smallest absolute Gasteiger partial charge is 0.313 e. The number of amides is 3. The van der Waals surface area contributed by atoms with Crippen LogP contribution < -0.4 is 5.32 Å². The van der Waals surface area contributed by atoms with Gasteiger partial charge in [0, 0.05) is 18.5 Å². The second kappa shape index (κ2) is 14.1. The van der Waals surface area contributed by atoms with Gasteiger partial charge in [0.15, 0.2) is 0 Å². The van der Waals surface area contributed by atoms with Gasteiger partial charge in [-0.15, -0.1) is 13.2 Å². The van der Waals surface area contributed by atoms with E-state index in [1.54, 1.807) is 24.0 Å². The second-order valence-corrected chi connectivity index (χ2v) is 14.2. The van der Waals surface area contributed by atoms with Crippen LogP contribution in [0.4, 0.5) is 0 Å². The van der Waals surface area contributed by atoms with E-state index in [-0.39, 0.29) is 43.2 Å². The van der Waals surface area contributed by atoms with Gasteiger partial charge in [0.2, 0.25) is 17.7 Å². The Bertz CT molecular complexity index is 1310. The van der Waals surface area contributed by atoms with E-state index in [2.05, 4.69) is 18.5 Å². The molecule has 3 heterocycles. The number of allylic oxidation sites excluding steroid dienone is 1. The van der Waals surface area contributed by atoms with Crippen molar-refractivity contribution in [1.82, 2.24) is 15.1 Å². The minimum Gasteiger partial charge on any atom is -0.455 e. The quantitative estimate of drug-likeness (QED) is 0.234. The van der Waals surface area contributed by atoms with E-state index in [4.69, 9.17) is 9.47 Å². The number of rotatable bonds is 14. The van der Waals surface area contributed by atoms with E-state index in [0.717, 1.165) is 0 Å². The van der Waals surface area contributed by atoms with Gasteiger partial charge in [-0.25, -0.2) is 0 Å². The molecule has 3 fully saturated rings. The topological polar surface area (TPSA) is 125 Å². The highest BCUT2D eigenvalue weighted by molar-refractivity contribution is 5.98. The van der Waals surface area contributed by atoms with E-state index in [0.29, 0.717) is 24.8 Å². The number of fused-ring (bicyclic) bond motifs is 1. The summed E-state index contributed by atoms with van der Waals surface area (Å²) < 4.78 is 12.8. The van der Waals surface area contributed by atoms with Gasteiger partial charge in [-0.1, -0.05) is 56.3 Å². The summed E-state index contributed by atoms with van der Waals surface area (Å²) in [6.07, 6.45) is 3.56. The molecule has 0 aromatic heterocycles. The average Bonchev–Trinajstić information content (AvgIpc) is 3.65. The molecule has 0 saturated carbocycles. The van der Waals surface area contributed by atoms with Gasteiger partial charge in [0.25, 0.3) is 0 Å². The molecule has 2 N–H and O–H groups in total. The summed E-state index contributed by atoms with van der Waals surface area (Å²) in [6, 6.07) is 6.92. The lowest BCUT2D eigenvalue weighted by Crippen LogP contribution is -2.62. The van der Waals surface area contributed by atoms with E-state index < -0.39 is 59.3 Å². The maximum atomic E-state index is 14.6. The predicted molar refractivity (Wildman–Crippen MR) is 174 cm³/mol. The summed E-state index contributed by atoms with van der Waals surface area (Å²) >= 11 is 0. The fourth-order valence-corrected chi connectivity index (χ4v) is 7.53. The first-order chi connectivity index (χ1) is 21.7. The third-order valence-electron chi connectivity index (χ3n) is 9.74. The third kappa shape index (κ3) is 6.51. The van der Waals surface area contributed by atoms with Crippen molar-refractivity contribution in [3.63, 3.8) is 0 Å². The van der Waals surface area contributed by atoms with E-state index in [1.807, 2.05) is 65.0 Å². The van der Waals surface area contributed by atoms with E-state index in [1.165, 1.54) is 4.90 Å². The number of aliphatic hydroxyl groups is 1. The Hall–Kier alpha value is -3.50. The van der Waals surface area contributed by atoms with Crippen molar-refractivity contribution < 1.29 is 33.8 Å². The van der Waals surface area contributed by atoms with Crippen LogP contribution in [0.1, 0.15) is 78.9 Å². The van der Waals surface area contributed by atoms with Gasteiger partial charge in [-0.05, 0) is 58.4 Å². The average molecular weight is 638 g/mol. The molecule has 3 aliphatic heterocycles. The lowest BCUT2D eigenvalue weighted by Gasteiger charge is -2.44. The summed E-state index contributed by atoms with van der Waals surface area (Å²) in [5.41, 5.74) is -1.14. The number of hydrogen-bond donors (Lipinski definition) is 2. The van der Waals surface area contributed by atoms with Crippen molar-refractivity contribution >= 4 is 23.7 Å². The minimum atomic E-state index is -1.25. The number of aliphatic hydroxyl groups excluding tert-OH is 1. The lowest BCUT2D eigenvalue weighted by atomic mass is 9.70. The molecule has 1 spiro atoms. The molecule has 1 aromatic carbocycles. The van der Waals surface area contributed by atoms with Crippen molar-refractivity contribution in [3.05, 3.63) is 61.2 Å². The molecule has 46 heavy (non-hydrogen) atoms. The largest absolute Gasteiger partial charge is 0.455 e. The Morgan fingerprint density at radius 2 is 1.85 bits per heavy atom. The fourth-order valence-electron chi connectivity index (χ4n) is 7.53. The van der Waals surface area contributed by atoms with Gasteiger partial charge in [-0.3, -0.25) is 19.2 Å². The zero-order valence-electron chi connectivity index (χ0n) is 28.1. The number of nitrogens with zero attached hydrogens (tertiary/aromatic N) is 2. The molecule has 2 bridgehead atoms. The Morgan fingerprint density at radius 1 is 1.17 bits per heavy atom. The molecule has 3 amide bonds. The summed E-state index contributed by atoms with van der Waals surface area (Å²) in [5.74, 6) is -3.56. The van der Waals surface area contributed by atoms with Crippen molar-refractivity contribution in [2.75, 3.05) is 13.2 Å². The van der Waals surface area contributed by atoms with Crippen LogP contribution in [0.2, 0.25) is 0 Å². The molecule has 3 aliphatic rings. The van der Waals surface area contributed by atoms with Gasteiger partial charge in [0.05, 0.1) is 36.6 Å². The first kappa shape index (κ1) is 35.4. The third-order valence-corrected chi connectivity index (χ3v) is 9.74. The van der Waals surface area contributed by atoms with Gasteiger partial charge in [-0.2, -0.15) is 0 Å². The number of carbonyl (C=O) groups is 4. The number of esters is 1. The van der Waals surface area contributed by atoms with Crippen LogP contribution in [-0.2, 0) is 28.7 Å². The van der Waals surface area contributed by atoms with Crippen LogP contribution in [0.3, 0.4) is 0 Å². The summed E-state index contributed by atoms with van der Waals surface area (Å²) in [4.78, 5) is 59.2. The molecule has 0 unspecified atom stereocenters. The highest BCUT2D eigenvalue weighted by Gasteiger charge is 2.76. The van der Waals surface area contributed by atoms with Crippen LogP contribution in [0, 0.1) is 17.8 Å². The standard InChI is InChI=1S/C36H51N3O7/c1-9-11-17-27(41)37-23(5)30(24-15-13-12-14-16-24)45-34(44)28-26-18-19-36(46-26)29(28)32(42)39(25(21-40)22(3)4)31(36)33(43)38(20-10-2)35(6,7)8/h9-10,12-16,22-23,25-26,28-31,40H,1-2,11,17-21H2,3-8H3,(H,37,41)/t23-,25-,26-,28+,29+,30-,31-,36+/m0/s1. The molecule has 1 aromatic rings. The van der Waals surface area contributed by atoms with Gasteiger partial charge < -0.3 is 29.7 Å². The number of nitrogens with one attached hydrogen (secondary N) is 1. The lowest BCUT2D eigenvalue weighted by molar-refractivity contribution is -0.163. The van der Waals surface area contributed by atoms with Crippen LogP contribution in [-0.4, -0.2) is 87.1 Å². The normalized spacial score (nSPS) is 27.1. The Balaban J connectivity index is 1.72. The molecule has 3 saturated heterocycles. The zero-order chi connectivity index (χ0) is 34.0. The number of likely N-dealkylation sites (tertiary alicyclic amines) is 1. The van der Waals surface area contributed by atoms with Crippen molar-refractivity contribution in [1.29, 1.82) is 0 Å². The molecule has 10 nitrogen and oxygen atoms in total. The molecule has 8 atom stereocenters. The van der Waals surface area contributed by atoms with Crippen LogP contribution in [0.15, 0.2) is 55.6 Å². The highest BCUT2D eigenvalue weighted by Crippen LogP contribution is 2.59. The Labute approximate surface area is 273 Å². The number of benzene rings is 1. The SMILES string of the molecule is C=CCCC(=O)N[C@@H](C)[C@H](OC(=O)[C@@H]1[C@@H]2CC[C@]3(O2)[C@H](C(=O)N(CC=C)C(C)(C)C)N([C@@H](CO)C(C)C)C(=O)[C@@H]13)c1ccccc1. The number of carbonyl (C=O) groups excluding carboxylic acids is 4. The molecule has 0 aliphatic carbocycles. The molecular weight excluding hydrogens is 586 g/mol. The summed E-state index contributed by atoms with van der Waals surface area (Å²) in [6.45, 7) is 18.8. The molecule has 252 valence electrons. The number of ether oxygens (including phenoxy) is 2. The Morgan fingerprint density at radius 3 is 2.41 bits per heavy atom. The van der Waals surface area contributed by atoms with Crippen LogP contribution >= 0.6 is 0 Å². The predicted octanol–water partition coefficient (Wildman–Crippen LogP) is 3.95. The van der Waals surface area contributed by atoms with Gasteiger partial charge in [0.1, 0.15) is 17.7 Å². The fraction of sp³-hybridized carbons (Fsp3) is 0.611. The maximum absolute atomic E-state index is 14.6.